The molecule has 1 saturated carbocycles. The molecule has 0 aromatic carbocycles. The summed E-state index contributed by atoms with van der Waals surface area (Å²) in [5.74, 6) is 2.12. The Hall–Kier alpha value is -1.09. The molecule has 1 aromatic heterocycles. The fraction of sp³-hybridized carbons (Fsp3) is 0.706. The van der Waals surface area contributed by atoms with Crippen molar-refractivity contribution in [3.8, 4) is 0 Å². The van der Waals surface area contributed by atoms with Gasteiger partial charge in [-0.3, -0.25) is 0 Å². The highest BCUT2D eigenvalue weighted by Gasteiger charge is 2.32. The summed E-state index contributed by atoms with van der Waals surface area (Å²) in [5, 5.41) is 3.52. The summed E-state index contributed by atoms with van der Waals surface area (Å²) in [4.78, 5) is 7.48. The molecule has 2 aliphatic heterocycles. The number of hydrogen-bond acceptors (Lipinski definition) is 3. The molecule has 0 unspecified atom stereocenters. The molecule has 1 aliphatic carbocycles. The van der Waals surface area contributed by atoms with Crippen LogP contribution in [-0.2, 0) is 12.8 Å². The van der Waals surface area contributed by atoms with Crippen LogP contribution in [0.2, 0.25) is 0 Å². The van der Waals surface area contributed by atoms with Crippen LogP contribution in [0, 0.1) is 0 Å². The van der Waals surface area contributed by atoms with Gasteiger partial charge in [0.15, 0.2) is 0 Å². The van der Waals surface area contributed by atoms with Crippen LogP contribution in [0.1, 0.15) is 55.2 Å². The third-order valence-electron chi connectivity index (χ3n) is 5.56. The molecular weight excluding hydrogens is 246 g/mol. The van der Waals surface area contributed by atoms with Crippen LogP contribution in [0.5, 0.6) is 0 Å². The highest BCUT2D eigenvalue weighted by molar-refractivity contribution is 5.57. The van der Waals surface area contributed by atoms with Gasteiger partial charge in [0.05, 0.1) is 0 Å². The predicted octanol–water partition coefficient (Wildman–Crippen LogP) is 2.64. The van der Waals surface area contributed by atoms with Gasteiger partial charge in [0.2, 0.25) is 0 Å². The molecule has 4 rings (SSSR count). The Morgan fingerprint density at radius 3 is 3.00 bits per heavy atom. The van der Waals surface area contributed by atoms with Gasteiger partial charge in [-0.2, -0.15) is 0 Å². The van der Waals surface area contributed by atoms with Crippen molar-refractivity contribution < 1.29 is 0 Å². The second kappa shape index (κ2) is 5.03. The van der Waals surface area contributed by atoms with Gasteiger partial charge >= 0.3 is 0 Å². The maximum absolute atomic E-state index is 4.91. The molecule has 1 saturated heterocycles. The topological polar surface area (TPSA) is 28.2 Å². The van der Waals surface area contributed by atoms with E-state index in [1.54, 1.807) is 16.7 Å². The fourth-order valence-corrected chi connectivity index (χ4v) is 4.20. The van der Waals surface area contributed by atoms with E-state index in [2.05, 4.69) is 23.3 Å². The van der Waals surface area contributed by atoms with Gasteiger partial charge in [-0.25, -0.2) is 4.98 Å². The Morgan fingerprint density at radius 2 is 2.25 bits per heavy atom. The largest absolute Gasteiger partial charge is 0.351 e. The second-order valence-electron chi connectivity index (χ2n) is 6.57. The number of anilines is 1. The van der Waals surface area contributed by atoms with E-state index in [0.717, 1.165) is 25.6 Å². The summed E-state index contributed by atoms with van der Waals surface area (Å²) >= 11 is 0. The fourth-order valence-electron chi connectivity index (χ4n) is 4.20. The minimum atomic E-state index is 0.669. The van der Waals surface area contributed by atoms with E-state index >= 15 is 0 Å². The van der Waals surface area contributed by atoms with E-state index in [1.165, 1.54) is 44.3 Å². The zero-order valence-electron chi connectivity index (χ0n) is 12.5. The Balaban J connectivity index is 1.75. The molecule has 1 atom stereocenters. The summed E-state index contributed by atoms with van der Waals surface area (Å²) in [6, 6.07) is 0.669. The summed E-state index contributed by atoms with van der Waals surface area (Å²) in [6.45, 7) is 5.68. The van der Waals surface area contributed by atoms with Crippen LogP contribution >= 0.6 is 0 Å². The highest BCUT2D eigenvalue weighted by atomic mass is 15.3. The van der Waals surface area contributed by atoms with Gasteiger partial charge in [0, 0.05) is 31.9 Å². The lowest BCUT2D eigenvalue weighted by Crippen LogP contribution is -2.53. The number of pyridine rings is 1. The van der Waals surface area contributed by atoms with E-state index in [-0.39, 0.29) is 0 Å². The molecule has 108 valence electrons. The average molecular weight is 271 g/mol. The van der Waals surface area contributed by atoms with Gasteiger partial charge in [-0.05, 0) is 54.7 Å². The van der Waals surface area contributed by atoms with Crippen molar-refractivity contribution in [1.29, 1.82) is 0 Å². The minimum absolute atomic E-state index is 0.669. The van der Waals surface area contributed by atoms with Crippen molar-refractivity contribution in [2.45, 2.75) is 57.4 Å². The number of aromatic nitrogens is 1. The van der Waals surface area contributed by atoms with Crippen LogP contribution < -0.4 is 10.2 Å². The smallest absolute Gasteiger partial charge is 0.132 e. The number of rotatable bonds is 2. The quantitative estimate of drug-likeness (QED) is 0.896. The molecule has 1 aromatic rings. The summed E-state index contributed by atoms with van der Waals surface area (Å²) in [6.07, 6.45) is 10.1. The monoisotopic (exact) mass is 271 g/mol. The lowest BCUT2D eigenvalue weighted by molar-refractivity contribution is 0.411. The van der Waals surface area contributed by atoms with Crippen molar-refractivity contribution >= 4 is 5.82 Å². The summed E-state index contributed by atoms with van der Waals surface area (Å²) < 4.78 is 0. The molecule has 3 heterocycles. The molecule has 0 radical (unpaired) electrons. The molecule has 3 nitrogen and oxygen atoms in total. The van der Waals surface area contributed by atoms with Gasteiger partial charge < -0.3 is 10.2 Å². The molecule has 3 heteroatoms. The predicted molar refractivity (Wildman–Crippen MR) is 82.5 cm³/mol. The minimum Gasteiger partial charge on any atom is -0.351 e. The van der Waals surface area contributed by atoms with Crippen LogP contribution in [0.4, 0.5) is 5.82 Å². The zero-order chi connectivity index (χ0) is 13.5. The van der Waals surface area contributed by atoms with Crippen LogP contribution in [-0.4, -0.2) is 30.7 Å². The van der Waals surface area contributed by atoms with Crippen molar-refractivity contribution in [2.24, 2.45) is 0 Å². The number of nitrogens with one attached hydrogen (secondary N) is 1. The van der Waals surface area contributed by atoms with Gasteiger partial charge in [-0.1, -0.05) is 13.3 Å². The third-order valence-corrected chi connectivity index (χ3v) is 5.56. The first kappa shape index (κ1) is 12.6. The molecule has 0 amide bonds. The van der Waals surface area contributed by atoms with E-state index in [1.807, 2.05) is 0 Å². The lowest BCUT2D eigenvalue weighted by Gasteiger charge is -2.42. The van der Waals surface area contributed by atoms with E-state index in [9.17, 15) is 0 Å². The second-order valence-corrected chi connectivity index (χ2v) is 6.57. The number of nitrogens with zero attached hydrogens (tertiary/aromatic N) is 2. The Labute approximate surface area is 121 Å². The molecule has 2 fully saturated rings. The third kappa shape index (κ3) is 1.86. The van der Waals surface area contributed by atoms with Crippen molar-refractivity contribution in [3.63, 3.8) is 0 Å². The van der Waals surface area contributed by atoms with Gasteiger partial charge in [0.25, 0.3) is 0 Å². The Morgan fingerprint density at radius 1 is 1.35 bits per heavy atom. The first-order valence-electron chi connectivity index (χ1n) is 8.36. The van der Waals surface area contributed by atoms with Gasteiger partial charge in [0.1, 0.15) is 5.82 Å². The highest BCUT2D eigenvalue weighted by Crippen LogP contribution is 2.42. The molecule has 20 heavy (non-hydrogen) atoms. The van der Waals surface area contributed by atoms with E-state index < -0.39 is 0 Å². The van der Waals surface area contributed by atoms with Crippen LogP contribution in [0.15, 0.2) is 6.20 Å². The summed E-state index contributed by atoms with van der Waals surface area (Å²) in [7, 11) is 0. The SMILES string of the molecule is CCc1c(C2CCC2)cnc2c1CC[C@@H]1CNCCN21. The molecule has 3 aliphatic rings. The first-order chi connectivity index (χ1) is 9.88. The average Bonchev–Trinajstić information content (AvgIpc) is 2.45. The van der Waals surface area contributed by atoms with Crippen LogP contribution in [0.3, 0.4) is 0 Å². The Kier molecular flexibility index (Phi) is 3.18. The number of hydrogen-bond donors (Lipinski definition) is 1. The lowest BCUT2D eigenvalue weighted by atomic mass is 9.77. The standard InChI is InChI=1S/C17H25N3/c1-2-14-15-7-6-13-10-18-8-9-20(13)17(15)19-11-16(14)12-4-3-5-12/h11-13,18H,2-10H2,1H3/t13-/m1/s1. The first-order valence-corrected chi connectivity index (χ1v) is 8.36. The number of piperazine rings is 1. The van der Waals surface area contributed by atoms with E-state index in [0.29, 0.717) is 6.04 Å². The Bertz CT molecular complexity index is 507. The normalized spacial score (nSPS) is 25.9. The maximum atomic E-state index is 4.91. The molecule has 1 N–H and O–H groups in total. The van der Waals surface area contributed by atoms with Crippen LogP contribution in [0.25, 0.3) is 0 Å². The molecular formula is C17H25N3. The van der Waals surface area contributed by atoms with Gasteiger partial charge in [-0.15, -0.1) is 0 Å². The van der Waals surface area contributed by atoms with Crippen molar-refractivity contribution in [1.82, 2.24) is 10.3 Å². The molecule has 0 bridgehead atoms. The van der Waals surface area contributed by atoms with E-state index in [4.69, 9.17) is 4.98 Å². The van der Waals surface area contributed by atoms with Crippen molar-refractivity contribution in [3.05, 3.63) is 22.9 Å². The van der Waals surface area contributed by atoms with Crippen molar-refractivity contribution in [2.75, 3.05) is 24.5 Å². The summed E-state index contributed by atoms with van der Waals surface area (Å²) in [5.41, 5.74) is 4.79. The molecule has 0 spiro atoms. The zero-order valence-corrected chi connectivity index (χ0v) is 12.5. The number of fused-ring (bicyclic) bond motifs is 3. The maximum Gasteiger partial charge on any atom is 0.132 e.